The van der Waals surface area contributed by atoms with Crippen molar-refractivity contribution < 1.29 is 19.8 Å². The Hall–Kier alpha value is -1.10. The van der Waals surface area contributed by atoms with Gasteiger partial charge in [0, 0.05) is 0 Å². The molecule has 0 saturated heterocycles. The molecule has 0 aliphatic carbocycles. The highest BCUT2D eigenvalue weighted by Crippen LogP contribution is 2.14. The average molecular weight is 175 g/mol. The third-order valence-corrected chi connectivity index (χ3v) is 2.03. The Morgan fingerprint density at radius 2 is 1.58 bits per heavy atom. The van der Waals surface area contributed by atoms with Gasteiger partial charge >= 0.3 is 11.9 Å². The van der Waals surface area contributed by atoms with Crippen molar-refractivity contribution in [3.05, 3.63) is 0 Å². The molecule has 0 fully saturated rings. The molecule has 12 heavy (non-hydrogen) atoms. The zero-order valence-corrected chi connectivity index (χ0v) is 7.02. The first-order valence-corrected chi connectivity index (χ1v) is 3.59. The topological polar surface area (TPSA) is 101 Å². The minimum atomic E-state index is -1.17. The molecule has 0 aliphatic rings. The van der Waals surface area contributed by atoms with Gasteiger partial charge in [-0.15, -0.1) is 0 Å². The lowest BCUT2D eigenvalue weighted by Crippen LogP contribution is -2.41. The van der Waals surface area contributed by atoms with Crippen LogP contribution in [0.5, 0.6) is 0 Å². The Bertz CT molecular complexity index is 172. The van der Waals surface area contributed by atoms with E-state index in [1.165, 1.54) is 13.8 Å². The lowest BCUT2D eigenvalue weighted by Gasteiger charge is -2.19. The Kier molecular flexibility index (Phi) is 3.69. The molecule has 3 atom stereocenters. The second kappa shape index (κ2) is 4.06. The van der Waals surface area contributed by atoms with Gasteiger partial charge in [-0.3, -0.25) is 9.59 Å². The van der Waals surface area contributed by atoms with Gasteiger partial charge < -0.3 is 15.9 Å². The third-order valence-electron chi connectivity index (χ3n) is 2.03. The van der Waals surface area contributed by atoms with E-state index in [4.69, 9.17) is 15.9 Å². The Balaban J connectivity index is 4.28. The summed E-state index contributed by atoms with van der Waals surface area (Å²) in [6.45, 7) is 2.95. The fourth-order valence-electron chi connectivity index (χ4n) is 0.761. The molecule has 0 radical (unpaired) electrons. The molecule has 5 heteroatoms. The summed E-state index contributed by atoms with van der Waals surface area (Å²) in [6.07, 6.45) is 0. The van der Waals surface area contributed by atoms with Crippen LogP contribution in [0, 0.1) is 11.8 Å². The molecular formula is C7H13NO4. The molecule has 0 unspecified atom stereocenters. The molecule has 0 spiro atoms. The van der Waals surface area contributed by atoms with Crippen molar-refractivity contribution >= 4 is 11.9 Å². The maximum atomic E-state index is 10.4. The molecule has 4 N–H and O–H groups in total. The molecule has 0 saturated carbocycles. The summed E-state index contributed by atoms with van der Waals surface area (Å²) in [5.74, 6) is -3.51. The highest BCUT2D eigenvalue weighted by atomic mass is 16.4. The normalized spacial score (nSPS) is 17.9. The van der Waals surface area contributed by atoms with E-state index < -0.39 is 29.8 Å². The molecule has 0 aromatic carbocycles. The van der Waals surface area contributed by atoms with Crippen LogP contribution in [0.15, 0.2) is 0 Å². The zero-order valence-electron chi connectivity index (χ0n) is 7.02. The lowest BCUT2D eigenvalue weighted by molar-refractivity contribution is -0.145. The smallest absolute Gasteiger partial charge is 0.320 e. The van der Waals surface area contributed by atoms with Gasteiger partial charge in [0.2, 0.25) is 0 Å². The molecular weight excluding hydrogens is 162 g/mol. The monoisotopic (exact) mass is 175 g/mol. The van der Waals surface area contributed by atoms with Crippen molar-refractivity contribution in [3.8, 4) is 0 Å². The molecule has 0 bridgehead atoms. The number of carboxylic acid groups (broad SMARTS) is 2. The van der Waals surface area contributed by atoms with Crippen molar-refractivity contribution in [3.63, 3.8) is 0 Å². The van der Waals surface area contributed by atoms with E-state index in [-0.39, 0.29) is 0 Å². The first-order valence-electron chi connectivity index (χ1n) is 3.59. The molecule has 70 valence electrons. The van der Waals surface area contributed by atoms with Crippen molar-refractivity contribution in [2.75, 3.05) is 0 Å². The van der Waals surface area contributed by atoms with E-state index in [1.54, 1.807) is 0 Å². The minimum absolute atomic E-state index is 0.569. The first-order chi connectivity index (χ1) is 5.37. The zero-order chi connectivity index (χ0) is 9.89. The number of aliphatic carboxylic acids is 2. The summed E-state index contributed by atoms with van der Waals surface area (Å²) in [4.78, 5) is 20.8. The predicted octanol–water partition coefficient (Wildman–Crippen LogP) is -0.245. The summed E-state index contributed by atoms with van der Waals surface area (Å²) in [5, 5.41) is 17.0. The molecule has 0 rings (SSSR count). The van der Waals surface area contributed by atoms with Gasteiger partial charge in [0.05, 0.1) is 5.92 Å². The largest absolute Gasteiger partial charge is 0.481 e. The number of hydrogen-bond acceptors (Lipinski definition) is 3. The first kappa shape index (κ1) is 10.9. The standard InChI is InChI=1S/C7H13NO4/c1-3(4(2)6(9)10)5(8)7(11)12/h3-5H,8H2,1-2H3,(H,9,10)(H,11,12)/t3-,4-,5-/m0/s1. The molecule has 0 amide bonds. The highest BCUT2D eigenvalue weighted by molar-refractivity contribution is 5.76. The van der Waals surface area contributed by atoms with Crippen LogP contribution in [0.4, 0.5) is 0 Å². The summed E-state index contributed by atoms with van der Waals surface area (Å²) < 4.78 is 0. The van der Waals surface area contributed by atoms with Gasteiger partial charge in [-0.05, 0) is 5.92 Å². The Morgan fingerprint density at radius 1 is 1.17 bits per heavy atom. The van der Waals surface area contributed by atoms with Gasteiger partial charge in [-0.2, -0.15) is 0 Å². The van der Waals surface area contributed by atoms with E-state index in [1.807, 2.05) is 0 Å². The number of carbonyl (C=O) groups is 2. The van der Waals surface area contributed by atoms with Crippen LogP contribution >= 0.6 is 0 Å². The van der Waals surface area contributed by atoms with E-state index in [2.05, 4.69) is 0 Å². The molecule has 0 aromatic rings. The van der Waals surface area contributed by atoms with Crippen LogP contribution in [0.3, 0.4) is 0 Å². The maximum Gasteiger partial charge on any atom is 0.320 e. The van der Waals surface area contributed by atoms with E-state index in [0.717, 1.165) is 0 Å². The van der Waals surface area contributed by atoms with Crippen LogP contribution < -0.4 is 5.73 Å². The van der Waals surface area contributed by atoms with Crippen LogP contribution in [0.25, 0.3) is 0 Å². The van der Waals surface area contributed by atoms with E-state index >= 15 is 0 Å². The van der Waals surface area contributed by atoms with Crippen LogP contribution in [-0.4, -0.2) is 28.2 Å². The average Bonchev–Trinajstić information content (AvgIpc) is 2.00. The molecule has 0 aromatic heterocycles. The highest BCUT2D eigenvalue weighted by Gasteiger charge is 2.28. The number of hydrogen-bond donors (Lipinski definition) is 3. The molecule has 5 nitrogen and oxygen atoms in total. The Morgan fingerprint density at radius 3 is 1.83 bits per heavy atom. The van der Waals surface area contributed by atoms with Crippen molar-refractivity contribution in [2.24, 2.45) is 17.6 Å². The second-order valence-electron chi connectivity index (χ2n) is 2.85. The second-order valence-corrected chi connectivity index (χ2v) is 2.85. The molecule has 0 heterocycles. The Labute approximate surface area is 70.2 Å². The minimum Gasteiger partial charge on any atom is -0.481 e. The van der Waals surface area contributed by atoms with Crippen LogP contribution in [0.1, 0.15) is 13.8 Å². The van der Waals surface area contributed by atoms with E-state index in [0.29, 0.717) is 0 Å². The maximum absolute atomic E-state index is 10.4. The van der Waals surface area contributed by atoms with Gasteiger partial charge in [-0.25, -0.2) is 0 Å². The number of rotatable bonds is 4. The summed E-state index contributed by atoms with van der Waals surface area (Å²) in [5.41, 5.74) is 5.24. The van der Waals surface area contributed by atoms with Gasteiger partial charge in [0.1, 0.15) is 6.04 Å². The van der Waals surface area contributed by atoms with Crippen LogP contribution in [-0.2, 0) is 9.59 Å². The predicted molar refractivity (Wildman–Crippen MR) is 41.6 cm³/mol. The quantitative estimate of drug-likeness (QED) is 0.547. The third kappa shape index (κ3) is 2.50. The van der Waals surface area contributed by atoms with Crippen LogP contribution in [0.2, 0.25) is 0 Å². The summed E-state index contributed by atoms with van der Waals surface area (Å²) >= 11 is 0. The summed E-state index contributed by atoms with van der Waals surface area (Å²) in [6, 6.07) is -1.11. The fourth-order valence-corrected chi connectivity index (χ4v) is 0.761. The van der Waals surface area contributed by atoms with Crippen molar-refractivity contribution in [1.82, 2.24) is 0 Å². The van der Waals surface area contributed by atoms with Crippen molar-refractivity contribution in [1.29, 1.82) is 0 Å². The number of nitrogens with two attached hydrogens (primary N) is 1. The molecule has 0 aliphatic heterocycles. The SMILES string of the molecule is C[C@@H]([C@H](C)C(=O)O)[C@H](N)C(=O)O. The van der Waals surface area contributed by atoms with Gasteiger partial charge in [0.15, 0.2) is 0 Å². The van der Waals surface area contributed by atoms with Gasteiger partial charge in [-0.1, -0.05) is 13.8 Å². The van der Waals surface area contributed by atoms with Gasteiger partial charge in [0.25, 0.3) is 0 Å². The fraction of sp³-hybridized carbons (Fsp3) is 0.714. The van der Waals surface area contributed by atoms with Crippen molar-refractivity contribution in [2.45, 2.75) is 19.9 Å². The van der Waals surface area contributed by atoms with E-state index in [9.17, 15) is 9.59 Å². The number of carboxylic acids is 2. The lowest BCUT2D eigenvalue weighted by atomic mass is 9.89. The summed E-state index contributed by atoms with van der Waals surface area (Å²) in [7, 11) is 0.